The Bertz CT molecular complexity index is 588. The molecule has 0 aliphatic rings. The van der Waals surface area contributed by atoms with E-state index in [4.69, 9.17) is 4.74 Å². The van der Waals surface area contributed by atoms with Crippen LogP contribution in [0.1, 0.15) is 11.1 Å². The van der Waals surface area contributed by atoms with Crippen LogP contribution in [0.5, 0.6) is 5.75 Å². The molecule has 0 aromatic heterocycles. The zero-order chi connectivity index (χ0) is 14.5. The maximum absolute atomic E-state index is 13.1. The Labute approximate surface area is 127 Å². The summed E-state index contributed by atoms with van der Waals surface area (Å²) in [6.07, 6.45) is 0. The van der Waals surface area contributed by atoms with E-state index < -0.39 is 0 Å². The second-order valence-electron chi connectivity index (χ2n) is 4.72. The average molecular weight is 338 g/mol. The Morgan fingerprint density at radius 1 is 1.10 bits per heavy atom. The first kappa shape index (κ1) is 15.0. The van der Waals surface area contributed by atoms with Gasteiger partial charge in [0, 0.05) is 23.1 Å². The van der Waals surface area contributed by atoms with E-state index in [-0.39, 0.29) is 5.82 Å². The molecular formula is C16H17BrFNO. The number of hydrogen-bond acceptors (Lipinski definition) is 2. The van der Waals surface area contributed by atoms with Crippen LogP contribution in [0, 0.1) is 5.82 Å². The molecule has 0 fully saturated rings. The van der Waals surface area contributed by atoms with E-state index in [2.05, 4.69) is 26.9 Å². The number of methoxy groups -OCH3 is 1. The Hall–Kier alpha value is -1.39. The molecule has 4 heteroatoms. The molecule has 0 unspecified atom stereocenters. The molecule has 2 aromatic carbocycles. The Balaban J connectivity index is 2.07. The molecule has 2 aromatic rings. The summed E-state index contributed by atoms with van der Waals surface area (Å²) >= 11 is 3.40. The number of ether oxygens (including phenoxy) is 1. The summed E-state index contributed by atoms with van der Waals surface area (Å²) in [5.41, 5.74) is 2.19. The molecule has 0 N–H and O–H groups in total. The van der Waals surface area contributed by atoms with E-state index in [1.165, 1.54) is 12.1 Å². The van der Waals surface area contributed by atoms with Gasteiger partial charge in [-0.05, 0) is 30.8 Å². The van der Waals surface area contributed by atoms with E-state index in [0.29, 0.717) is 0 Å². The van der Waals surface area contributed by atoms with Crippen LogP contribution in [0.4, 0.5) is 4.39 Å². The van der Waals surface area contributed by atoms with E-state index in [0.717, 1.165) is 34.4 Å². The van der Waals surface area contributed by atoms with Crippen LogP contribution >= 0.6 is 15.9 Å². The molecule has 0 amide bonds. The summed E-state index contributed by atoms with van der Waals surface area (Å²) < 4.78 is 19.2. The summed E-state index contributed by atoms with van der Waals surface area (Å²) in [7, 11) is 3.71. The predicted octanol–water partition coefficient (Wildman–Crippen LogP) is 4.23. The Morgan fingerprint density at radius 2 is 1.80 bits per heavy atom. The third-order valence-electron chi connectivity index (χ3n) is 3.09. The minimum Gasteiger partial charge on any atom is -0.496 e. The van der Waals surface area contributed by atoms with Crippen molar-refractivity contribution in [1.29, 1.82) is 0 Å². The van der Waals surface area contributed by atoms with Gasteiger partial charge in [0.05, 0.1) is 7.11 Å². The van der Waals surface area contributed by atoms with Gasteiger partial charge < -0.3 is 4.74 Å². The molecule has 0 saturated carbocycles. The van der Waals surface area contributed by atoms with E-state index in [1.807, 2.05) is 25.2 Å². The number of para-hydroxylation sites is 1. The smallest absolute Gasteiger partial charge is 0.124 e. The third-order valence-corrected chi connectivity index (χ3v) is 3.83. The lowest BCUT2D eigenvalue weighted by molar-refractivity contribution is 0.309. The van der Waals surface area contributed by atoms with Crippen LogP contribution in [0.25, 0.3) is 0 Å². The molecule has 2 nitrogen and oxygen atoms in total. The van der Waals surface area contributed by atoms with Crippen molar-refractivity contribution in [3.8, 4) is 5.75 Å². The summed E-state index contributed by atoms with van der Waals surface area (Å²) in [6, 6.07) is 12.7. The average Bonchev–Trinajstić information content (AvgIpc) is 2.42. The largest absolute Gasteiger partial charge is 0.496 e. The molecule has 0 aliphatic carbocycles. The highest BCUT2D eigenvalue weighted by Crippen LogP contribution is 2.22. The highest BCUT2D eigenvalue weighted by molar-refractivity contribution is 9.10. The van der Waals surface area contributed by atoms with Crippen LogP contribution in [0.15, 0.2) is 46.9 Å². The van der Waals surface area contributed by atoms with Gasteiger partial charge in [0.25, 0.3) is 0 Å². The summed E-state index contributed by atoms with van der Waals surface area (Å²) in [4.78, 5) is 2.16. The highest BCUT2D eigenvalue weighted by atomic mass is 79.9. The first-order valence-corrected chi connectivity index (χ1v) is 7.14. The van der Waals surface area contributed by atoms with Gasteiger partial charge in [-0.1, -0.05) is 40.2 Å². The van der Waals surface area contributed by atoms with E-state index >= 15 is 0 Å². The summed E-state index contributed by atoms with van der Waals surface area (Å²) in [5.74, 6) is 0.658. The number of rotatable bonds is 5. The lowest BCUT2D eigenvalue weighted by atomic mass is 10.1. The zero-order valence-corrected chi connectivity index (χ0v) is 13.2. The van der Waals surface area contributed by atoms with Crippen molar-refractivity contribution in [1.82, 2.24) is 4.90 Å². The molecule has 0 heterocycles. The van der Waals surface area contributed by atoms with Crippen LogP contribution in [0.2, 0.25) is 0 Å². The molecule has 20 heavy (non-hydrogen) atoms. The lowest BCUT2D eigenvalue weighted by Crippen LogP contribution is -2.18. The number of benzene rings is 2. The maximum atomic E-state index is 13.1. The fourth-order valence-corrected chi connectivity index (χ4v) is 2.60. The normalized spacial score (nSPS) is 10.8. The molecule has 0 saturated heterocycles. The van der Waals surface area contributed by atoms with Gasteiger partial charge in [-0.3, -0.25) is 4.90 Å². The summed E-state index contributed by atoms with van der Waals surface area (Å²) in [6.45, 7) is 1.51. The summed E-state index contributed by atoms with van der Waals surface area (Å²) in [5, 5.41) is 0. The Kier molecular flexibility index (Phi) is 5.15. The fraction of sp³-hybridized carbons (Fsp3) is 0.250. The quantitative estimate of drug-likeness (QED) is 0.809. The minimum atomic E-state index is -0.229. The topological polar surface area (TPSA) is 12.5 Å². The van der Waals surface area contributed by atoms with Gasteiger partial charge >= 0.3 is 0 Å². The SMILES string of the molecule is COc1ccccc1CN(C)Cc1ccc(F)cc1Br. The Morgan fingerprint density at radius 3 is 2.50 bits per heavy atom. The first-order chi connectivity index (χ1) is 9.60. The molecule has 0 radical (unpaired) electrons. The van der Waals surface area contributed by atoms with Crippen molar-refractivity contribution in [3.63, 3.8) is 0 Å². The van der Waals surface area contributed by atoms with Crippen molar-refractivity contribution in [2.24, 2.45) is 0 Å². The highest BCUT2D eigenvalue weighted by Gasteiger charge is 2.08. The fourth-order valence-electron chi connectivity index (χ4n) is 2.12. The van der Waals surface area contributed by atoms with Gasteiger partial charge in [-0.2, -0.15) is 0 Å². The second kappa shape index (κ2) is 6.86. The van der Waals surface area contributed by atoms with Crippen molar-refractivity contribution in [2.75, 3.05) is 14.2 Å². The van der Waals surface area contributed by atoms with Gasteiger partial charge in [-0.15, -0.1) is 0 Å². The molecule has 2 rings (SSSR count). The minimum absolute atomic E-state index is 0.229. The van der Waals surface area contributed by atoms with Gasteiger partial charge in [0.2, 0.25) is 0 Å². The van der Waals surface area contributed by atoms with Gasteiger partial charge in [0.1, 0.15) is 11.6 Å². The molecule has 0 atom stereocenters. The van der Waals surface area contributed by atoms with Gasteiger partial charge in [0.15, 0.2) is 0 Å². The third kappa shape index (κ3) is 3.81. The molecule has 0 aliphatic heterocycles. The monoisotopic (exact) mass is 337 g/mol. The number of hydrogen-bond donors (Lipinski definition) is 0. The maximum Gasteiger partial charge on any atom is 0.124 e. The molecule has 0 bridgehead atoms. The van der Waals surface area contributed by atoms with Crippen LogP contribution in [-0.2, 0) is 13.1 Å². The lowest BCUT2D eigenvalue weighted by Gasteiger charge is -2.19. The van der Waals surface area contributed by atoms with Crippen LogP contribution in [0.3, 0.4) is 0 Å². The van der Waals surface area contributed by atoms with Crippen LogP contribution in [-0.4, -0.2) is 19.1 Å². The molecule has 0 spiro atoms. The standard InChI is InChI=1S/C16H17BrFNO/c1-19(10-12-7-8-14(18)9-15(12)17)11-13-5-3-4-6-16(13)20-2/h3-9H,10-11H2,1-2H3. The van der Waals surface area contributed by atoms with Gasteiger partial charge in [-0.25, -0.2) is 4.39 Å². The van der Waals surface area contributed by atoms with Crippen molar-refractivity contribution < 1.29 is 9.13 Å². The molecule has 106 valence electrons. The number of nitrogens with zero attached hydrogens (tertiary/aromatic N) is 1. The van der Waals surface area contributed by atoms with E-state index in [9.17, 15) is 4.39 Å². The number of halogens is 2. The molecular weight excluding hydrogens is 321 g/mol. The zero-order valence-electron chi connectivity index (χ0n) is 11.6. The van der Waals surface area contributed by atoms with Crippen LogP contribution < -0.4 is 4.74 Å². The van der Waals surface area contributed by atoms with Crippen molar-refractivity contribution >= 4 is 15.9 Å². The van der Waals surface area contributed by atoms with Crippen molar-refractivity contribution in [2.45, 2.75) is 13.1 Å². The van der Waals surface area contributed by atoms with E-state index in [1.54, 1.807) is 13.2 Å². The first-order valence-electron chi connectivity index (χ1n) is 6.34. The predicted molar refractivity (Wildman–Crippen MR) is 82.3 cm³/mol. The van der Waals surface area contributed by atoms with Crippen molar-refractivity contribution in [3.05, 3.63) is 63.9 Å². The second-order valence-corrected chi connectivity index (χ2v) is 5.57.